The molecule has 3 aromatic carbocycles. The SMILES string of the molecule is C[C@H]1[C@@H](CN2CCC3(CC2)OCCO3)O[C@@H](c2ccc(-c3cccc(CNC(=O)CCC(=O)O)c3)cc2)O[C@H]1c1ccc(CO)cc1. The monoisotopic (exact) mass is 644 g/mol. The first kappa shape index (κ1) is 33.3. The maximum absolute atomic E-state index is 12.0. The summed E-state index contributed by atoms with van der Waals surface area (Å²) in [6.45, 7) is 6.38. The van der Waals surface area contributed by atoms with E-state index in [9.17, 15) is 14.7 Å². The van der Waals surface area contributed by atoms with Gasteiger partial charge in [-0.1, -0.05) is 73.7 Å². The number of aliphatic hydroxyl groups excluding tert-OH is 1. The van der Waals surface area contributed by atoms with Gasteiger partial charge in [-0.3, -0.25) is 9.59 Å². The summed E-state index contributed by atoms with van der Waals surface area (Å²) in [5.41, 5.74) is 5.79. The van der Waals surface area contributed by atoms with E-state index in [-0.39, 0.29) is 43.5 Å². The van der Waals surface area contributed by atoms with Crippen LogP contribution in [0.1, 0.15) is 67.3 Å². The number of amides is 1. The maximum Gasteiger partial charge on any atom is 0.303 e. The molecule has 0 aliphatic carbocycles. The molecule has 47 heavy (non-hydrogen) atoms. The maximum atomic E-state index is 12.0. The van der Waals surface area contributed by atoms with Crippen LogP contribution >= 0.6 is 0 Å². The number of rotatable bonds is 11. The normalized spacial score (nSPS) is 24.3. The predicted octanol–water partition coefficient (Wildman–Crippen LogP) is 4.96. The van der Waals surface area contributed by atoms with Crippen LogP contribution in [0.2, 0.25) is 0 Å². The highest BCUT2D eigenvalue weighted by Gasteiger charge is 2.43. The highest BCUT2D eigenvalue weighted by Crippen LogP contribution is 2.42. The first-order chi connectivity index (χ1) is 22.8. The Morgan fingerprint density at radius 1 is 0.872 bits per heavy atom. The van der Waals surface area contributed by atoms with Crippen LogP contribution in [0.25, 0.3) is 11.1 Å². The lowest BCUT2D eigenvalue weighted by molar-refractivity contribution is -0.278. The second-order valence-corrected chi connectivity index (χ2v) is 12.7. The van der Waals surface area contributed by atoms with Crippen molar-refractivity contribution in [2.75, 3.05) is 32.8 Å². The number of carbonyl (C=O) groups is 2. The van der Waals surface area contributed by atoms with Crippen molar-refractivity contribution in [3.8, 4) is 11.1 Å². The molecular formula is C37H44N2O8. The Bertz CT molecular complexity index is 1500. The van der Waals surface area contributed by atoms with E-state index in [1.54, 1.807) is 0 Å². The van der Waals surface area contributed by atoms with E-state index in [1.807, 2.05) is 60.7 Å². The van der Waals surface area contributed by atoms with Gasteiger partial charge in [0.15, 0.2) is 12.1 Å². The number of nitrogens with zero attached hydrogens (tertiary/aromatic N) is 1. The fraction of sp³-hybridized carbons (Fsp3) is 0.459. The van der Waals surface area contributed by atoms with Crippen molar-refractivity contribution in [1.82, 2.24) is 10.2 Å². The van der Waals surface area contributed by atoms with Gasteiger partial charge >= 0.3 is 5.97 Å². The largest absolute Gasteiger partial charge is 0.481 e. The molecule has 10 heteroatoms. The zero-order valence-electron chi connectivity index (χ0n) is 26.8. The highest BCUT2D eigenvalue weighted by molar-refractivity contribution is 5.80. The van der Waals surface area contributed by atoms with Crippen LogP contribution in [-0.4, -0.2) is 71.7 Å². The molecule has 3 aromatic rings. The summed E-state index contributed by atoms with van der Waals surface area (Å²) in [4.78, 5) is 25.2. The van der Waals surface area contributed by atoms with Gasteiger partial charge in [0.2, 0.25) is 5.91 Å². The molecule has 3 N–H and O–H groups in total. The molecular weight excluding hydrogens is 600 g/mol. The molecule has 1 spiro atoms. The van der Waals surface area contributed by atoms with Crippen molar-refractivity contribution >= 4 is 11.9 Å². The van der Waals surface area contributed by atoms with Gasteiger partial charge in [0.1, 0.15) is 0 Å². The van der Waals surface area contributed by atoms with Crippen molar-refractivity contribution < 1.29 is 38.7 Å². The van der Waals surface area contributed by atoms with E-state index in [0.29, 0.717) is 19.8 Å². The van der Waals surface area contributed by atoms with Crippen LogP contribution in [0.3, 0.4) is 0 Å². The van der Waals surface area contributed by atoms with Crippen molar-refractivity contribution in [3.05, 3.63) is 95.1 Å². The summed E-state index contributed by atoms with van der Waals surface area (Å²) >= 11 is 0. The smallest absolute Gasteiger partial charge is 0.303 e. The minimum absolute atomic E-state index is 0.00369. The first-order valence-electron chi connectivity index (χ1n) is 16.5. The lowest BCUT2D eigenvalue weighted by atomic mass is 9.89. The lowest BCUT2D eigenvalue weighted by Gasteiger charge is -2.44. The molecule has 3 saturated heterocycles. The summed E-state index contributed by atoms with van der Waals surface area (Å²) in [5.74, 6) is -1.61. The summed E-state index contributed by atoms with van der Waals surface area (Å²) in [6, 6.07) is 24.1. The molecule has 3 heterocycles. The summed E-state index contributed by atoms with van der Waals surface area (Å²) < 4.78 is 25.3. The Morgan fingerprint density at radius 3 is 2.26 bits per heavy atom. The number of likely N-dealkylation sites (tertiary alicyclic amines) is 1. The van der Waals surface area contributed by atoms with E-state index in [2.05, 4.69) is 29.3 Å². The number of carbonyl (C=O) groups excluding carboxylic acids is 1. The summed E-state index contributed by atoms with van der Waals surface area (Å²) in [5, 5.41) is 21.2. The Labute approximate surface area is 275 Å². The molecule has 0 radical (unpaired) electrons. The van der Waals surface area contributed by atoms with Gasteiger partial charge in [0, 0.05) is 56.9 Å². The van der Waals surface area contributed by atoms with Gasteiger partial charge in [0.25, 0.3) is 0 Å². The number of nitrogens with one attached hydrogen (secondary N) is 1. The molecule has 10 nitrogen and oxygen atoms in total. The molecule has 4 atom stereocenters. The van der Waals surface area contributed by atoms with Crippen LogP contribution in [-0.2, 0) is 41.7 Å². The van der Waals surface area contributed by atoms with Crippen molar-refractivity contribution in [2.24, 2.45) is 5.92 Å². The number of piperidine rings is 1. The van der Waals surface area contributed by atoms with Crippen molar-refractivity contribution in [2.45, 2.75) is 70.0 Å². The second-order valence-electron chi connectivity index (χ2n) is 12.7. The average Bonchev–Trinajstić information content (AvgIpc) is 3.56. The van der Waals surface area contributed by atoms with Crippen LogP contribution in [0, 0.1) is 5.92 Å². The van der Waals surface area contributed by atoms with Crippen LogP contribution in [0.15, 0.2) is 72.8 Å². The number of carboxylic acid groups (broad SMARTS) is 1. The molecule has 0 saturated carbocycles. The van der Waals surface area contributed by atoms with E-state index < -0.39 is 18.0 Å². The fourth-order valence-corrected chi connectivity index (χ4v) is 6.65. The molecule has 6 rings (SSSR count). The van der Waals surface area contributed by atoms with Gasteiger partial charge < -0.3 is 39.4 Å². The van der Waals surface area contributed by atoms with Crippen molar-refractivity contribution in [3.63, 3.8) is 0 Å². The fourth-order valence-electron chi connectivity index (χ4n) is 6.65. The van der Waals surface area contributed by atoms with Gasteiger partial charge in [-0.2, -0.15) is 0 Å². The summed E-state index contributed by atoms with van der Waals surface area (Å²) in [7, 11) is 0. The molecule has 1 amide bonds. The molecule has 0 aromatic heterocycles. The third kappa shape index (κ3) is 8.27. The molecule has 0 unspecified atom stereocenters. The molecule has 3 aliphatic heterocycles. The van der Waals surface area contributed by atoms with Crippen LogP contribution in [0.4, 0.5) is 0 Å². The molecule has 3 aliphatic rings. The number of aliphatic hydroxyl groups is 1. The Morgan fingerprint density at radius 2 is 1.57 bits per heavy atom. The number of hydrogen-bond acceptors (Lipinski definition) is 8. The lowest BCUT2D eigenvalue weighted by Crippen LogP contribution is -2.50. The summed E-state index contributed by atoms with van der Waals surface area (Å²) in [6.07, 6.45) is 0.646. The number of aliphatic carboxylic acids is 1. The zero-order chi connectivity index (χ0) is 32.8. The number of benzene rings is 3. The number of hydrogen-bond donors (Lipinski definition) is 3. The number of carboxylic acids is 1. The van der Waals surface area contributed by atoms with Gasteiger partial charge in [-0.25, -0.2) is 0 Å². The Hall–Kier alpha value is -3.64. The third-order valence-corrected chi connectivity index (χ3v) is 9.49. The van der Waals surface area contributed by atoms with Gasteiger partial charge in [-0.15, -0.1) is 0 Å². The second kappa shape index (κ2) is 15.1. The average molecular weight is 645 g/mol. The minimum Gasteiger partial charge on any atom is -0.481 e. The highest BCUT2D eigenvalue weighted by atomic mass is 16.7. The van der Waals surface area contributed by atoms with Crippen LogP contribution < -0.4 is 5.32 Å². The molecule has 0 bridgehead atoms. The topological polar surface area (TPSA) is 127 Å². The van der Waals surface area contributed by atoms with Crippen molar-refractivity contribution in [1.29, 1.82) is 0 Å². The third-order valence-electron chi connectivity index (χ3n) is 9.49. The quantitative estimate of drug-likeness (QED) is 0.266. The Kier molecular flexibility index (Phi) is 10.7. The van der Waals surface area contributed by atoms with E-state index in [1.165, 1.54) is 0 Å². The van der Waals surface area contributed by atoms with E-state index >= 15 is 0 Å². The Balaban J connectivity index is 1.15. The number of ether oxygens (including phenoxy) is 4. The zero-order valence-corrected chi connectivity index (χ0v) is 26.8. The minimum atomic E-state index is -0.989. The van der Waals surface area contributed by atoms with E-state index in [4.69, 9.17) is 24.1 Å². The van der Waals surface area contributed by atoms with Gasteiger partial charge in [0.05, 0.1) is 38.4 Å². The van der Waals surface area contributed by atoms with Gasteiger partial charge in [-0.05, 0) is 33.9 Å². The van der Waals surface area contributed by atoms with Crippen LogP contribution in [0.5, 0.6) is 0 Å². The van der Waals surface area contributed by atoms with E-state index in [0.717, 1.165) is 65.9 Å². The molecule has 250 valence electrons. The molecule has 3 fully saturated rings. The first-order valence-corrected chi connectivity index (χ1v) is 16.5. The standard InChI is InChI=1S/C37H44N2O8/c1-25-32(23-39-17-15-37(16-18-39)44-19-20-45-37)46-36(47-35(25)29-7-5-26(24-40)6-8-29)30-11-9-28(10-12-30)31-4-2-3-27(21-31)22-38-33(41)13-14-34(42)43/h2-12,21,25,32,35-36,40H,13-20,22-24H2,1H3,(H,38,41)(H,42,43)/t25-,32+,35+,36+/m0/s1. The predicted molar refractivity (Wildman–Crippen MR) is 174 cm³/mol.